The van der Waals surface area contributed by atoms with E-state index in [9.17, 15) is 4.79 Å². The summed E-state index contributed by atoms with van der Waals surface area (Å²) in [7, 11) is 0. The number of anilines is 1. The lowest BCUT2D eigenvalue weighted by Gasteiger charge is -2.19. The van der Waals surface area contributed by atoms with Crippen LogP contribution in [0.4, 0.5) is 5.95 Å². The molecule has 2 fully saturated rings. The van der Waals surface area contributed by atoms with Crippen molar-refractivity contribution in [2.24, 2.45) is 17.8 Å². The molecule has 2 aliphatic rings. The van der Waals surface area contributed by atoms with Crippen molar-refractivity contribution < 1.29 is 4.79 Å². The molecule has 3 unspecified atom stereocenters. The van der Waals surface area contributed by atoms with Gasteiger partial charge < -0.3 is 0 Å². The molecule has 1 heterocycles. The molecule has 1 N–H and O–H groups in total. The Morgan fingerprint density at radius 3 is 2.78 bits per heavy atom. The molecule has 0 radical (unpaired) electrons. The molecule has 2 aliphatic carbocycles. The highest BCUT2D eigenvalue weighted by Crippen LogP contribution is 2.48. The fraction of sp³-hybridized carbons (Fsp3) is 0.471. The van der Waals surface area contributed by atoms with Gasteiger partial charge in [-0.15, -0.1) is 5.10 Å². The van der Waals surface area contributed by atoms with E-state index in [4.69, 9.17) is 0 Å². The molecule has 120 valence electrons. The van der Waals surface area contributed by atoms with Gasteiger partial charge in [0.1, 0.15) is 6.33 Å². The van der Waals surface area contributed by atoms with E-state index in [1.165, 1.54) is 19.3 Å². The van der Waals surface area contributed by atoms with Crippen LogP contribution in [0.2, 0.25) is 0 Å². The van der Waals surface area contributed by atoms with Crippen LogP contribution in [0.1, 0.15) is 31.2 Å². The summed E-state index contributed by atoms with van der Waals surface area (Å²) in [5.74, 6) is 2.00. The Hall–Kier alpha value is -1.69. The molecule has 3 atom stereocenters. The van der Waals surface area contributed by atoms with E-state index in [0.717, 1.165) is 22.4 Å². The van der Waals surface area contributed by atoms with E-state index >= 15 is 0 Å². The maximum Gasteiger partial charge on any atom is 0.248 e. The second-order valence-corrected chi connectivity index (χ2v) is 7.58. The maximum absolute atomic E-state index is 12.4. The summed E-state index contributed by atoms with van der Waals surface area (Å²) in [6.07, 6.45) is 6.43. The molecule has 23 heavy (non-hydrogen) atoms. The Bertz CT molecular complexity index is 712. The van der Waals surface area contributed by atoms with Crippen LogP contribution in [-0.2, 0) is 11.3 Å². The van der Waals surface area contributed by atoms with Gasteiger partial charge in [-0.05, 0) is 48.8 Å². The highest BCUT2D eigenvalue weighted by atomic mass is 79.9. The normalized spacial score (nSPS) is 25.7. The average Bonchev–Trinajstić information content (AvgIpc) is 3.26. The third-order valence-corrected chi connectivity index (χ3v) is 5.63. The fourth-order valence-corrected chi connectivity index (χ4v) is 4.24. The van der Waals surface area contributed by atoms with Gasteiger partial charge in [-0.1, -0.05) is 34.5 Å². The number of carbonyl (C=O) groups excluding carboxylic acids is 1. The van der Waals surface area contributed by atoms with E-state index in [1.54, 1.807) is 11.0 Å². The molecule has 0 spiro atoms. The Morgan fingerprint density at radius 2 is 2.09 bits per heavy atom. The molecule has 0 aliphatic heterocycles. The van der Waals surface area contributed by atoms with Crippen LogP contribution in [0.5, 0.6) is 0 Å². The van der Waals surface area contributed by atoms with Crippen molar-refractivity contribution in [2.75, 3.05) is 5.32 Å². The third kappa shape index (κ3) is 3.17. The van der Waals surface area contributed by atoms with Crippen LogP contribution >= 0.6 is 15.9 Å². The number of aromatic nitrogens is 3. The predicted molar refractivity (Wildman–Crippen MR) is 90.8 cm³/mol. The highest BCUT2D eigenvalue weighted by Gasteiger charge is 2.43. The first-order valence-electron chi connectivity index (χ1n) is 8.12. The van der Waals surface area contributed by atoms with Gasteiger partial charge in [0, 0.05) is 10.4 Å². The van der Waals surface area contributed by atoms with Gasteiger partial charge in [-0.25, -0.2) is 9.67 Å². The number of hydrogen-bond acceptors (Lipinski definition) is 3. The summed E-state index contributed by atoms with van der Waals surface area (Å²) in [6, 6.07) is 8.09. The lowest BCUT2D eigenvalue weighted by Crippen LogP contribution is -2.27. The molecular weight excluding hydrogens is 356 g/mol. The lowest BCUT2D eigenvalue weighted by molar-refractivity contribution is -0.121. The molecule has 2 bridgehead atoms. The Balaban J connectivity index is 1.38. The first-order chi connectivity index (χ1) is 11.2. The zero-order valence-electron chi connectivity index (χ0n) is 12.8. The van der Waals surface area contributed by atoms with Crippen molar-refractivity contribution in [1.82, 2.24) is 14.8 Å². The molecule has 1 amide bonds. The molecule has 2 saturated carbocycles. The minimum Gasteiger partial charge on any atom is -0.293 e. The van der Waals surface area contributed by atoms with Gasteiger partial charge in [0.2, 0.25) is 11.9 Å². The number of hydrogen-bond donors (Lipinski definition) is 1. The van der Waals surface area contributed by atoms with Gasteiger partial charge in [0.15, 0.2) is 0 Å². The molecule has 1 aromatic heterocycles. The van der Waals surface area contributed by atoms with Crippen molar-refractivity contribution in [3.63, 3.8) is 0 Å². The first kappa shape index (κ1) is 14.9. The number of nitrogens with one attached hydrogen (secondary N) is 1. The van der Waals surface area contributed by atoms with Crippen molar-refractivity contribution in [3.8, 4) is 0 Å². The smallest absolute Gasteiger partial charge is 0.248 e. The summed E-state index contributed by atoms with van der Waals surface area (Å²) in [4.78, 5) is 16.6. The molecule has 6 heteroatoms. The minimum absolute atomic E-state index is 0.0959. The van der Waals surface area contributed by atoms with E-state index in [-0.39, 0.29) is 11.8 Å². The van der Waals surface area contributed by atoms with E-state index in [1.807, 2.05) is 24.3 Å². The zero-order chi connectivity index (χ0) is 15.8. The van der Waals surface area contributed by atoms with Gasteiger partial charge in [0.05, 0.1) is 6.54 Å². The maximum atomic E-state index is 12.4. The Morgan fingerprint density at radius 1 is 1.26 bits per heavy atom. The van der Waals surface area contributed by atoms with Crippen molar-refractivity contribution in [3.05, 3.63) is 40.6 Å². The lowest BCUT2D eigenvalue weighted by atomic mass is 9.88. The van der Waals surface area contributed by atoms with Crippen LogP contribution in [0.3, 0.4) is 0 Å². The summed E-state index contributed by atoms with van der Waals surface area (Å²) < 4.78 is 2.80. The standard InChI is InChI=1S/C17H19BrN4O/c18-14-5-2-11(3-6-14)9-22-10-19-17(21-22)20-16(23)15-8-12-1-4-13(15)7-12/h2-3,5-6,10,12-13,15H,1,4,7-9H2,(H,20,21,23). The summed E-state index contributed by atoms with van der Waals surface area (Å²) >= 11 is 3.43. The number of nitrogens with zero attached hydrogens (tertiary/aromatic N) is 3. The highest BCUT2D eigenvalue weighted by molar-refractivity contribution is 9.10. The second-order valence-electron chi connectivity index (χ2n) is 6.66. The summed E-state index contributed by atoms with van der Waals surface area (Å²) in [5.41, 5.74) is 1.14. The van der Waals surface area contributed by atoms with Crippen LogP contribution in [0, 0.1) is 17.8 Å². The molecule has 0 saturated heterocycles. The van der Waals surface area contributed by atoms with Gasteiger partial charge in [-0.2, -0.15) is 0 Å². The molecule has 4 rings (SSSR count). The van der Waals surface area contributed by atoms with Gasteiger partial charge in [-0.3, -0.25) is 10.1 Å². The van der Waals surface area contributed by atoms with Crippen molar-refractivity contribution in [1.29, 1.82) is 0 Å². The number of rotatable bonds is 4. The topological polar surface area (TPSA) is 59.8 Å². The number of amides is 1. The molecule has 1 aromatic carbocycles. The van der Waals surface area contributed by atoms with E-state index < -0.39 is 0 Å². The van der Waals surface area contributed by atoms with Crippen LogP contribution in [0.25, 0.3) is 0 Å². The molecule has 2 aromatic rings. The third-order valence-electron chi connectivity index (χ3n) is 5.10. The van der Waals surface area contributed by atoms with Gasteiger partial charge >= 0.3 is 0 Å². The van der Waals surface area contributed by atoms with E-state index in [0.29, 0.717) is 18.4 Å². The minimum atomic E-state index is 0.0959. The SMILES string of the molecule is O=C(Nc1ncn(Cc2ccc(Br)cc2)n1)C1CC2CCC1C2. The predicted octanol–water partition coefficient (Wildman–Crippen LogP) is 3.46. The zero-order valence-corrected chi connectivity index (χ0v) is 14.4. The fourth-order valence-electron chi connectivity index (χ4n) is 3.97. The monoisotopic (exact) mass is 374 g/mol. The Labute approximate surface area is 143 Å². The number of benzene rings is 1. The number of carbonyl (C=O) groups is 1. The second kappa shape index (κ2) is 6.07. The number of halogens is 1. The van der Waals surface area contributed by atoms with Crippen LogP contribution in [0.15, 0.2) is 35.1 Å². The summed E-state index contributed by atoms with van der Waals surface area (Å²) in [6.45, 7) is 0.643. The van der Waals surface area contributed by atoms with Crippen molar-refractivity contribution >= 4 is 27.8 Å². The van der Waals surface area contributed by atoms with Crippen LogP contribution in [-0.4, -0.2) is 20.7 Å². The Kier molecular flexibility index (Phi) is 3.93. The largest absolute Gasteiger partial charge is 0.293 e. The molecular formula is C17H19BrN4O. The van der Waals surface area contributed by atoms with Gasteiger partial charge in [0.25, 0.3) is 0 Å². The average molecular weight is 375 g/mol. The number of fused-ring (bicyclic) bond motifs is 2. The van der Waals surface area contributed by atoms with Crippen LogP contribution < -0.4 is 5.32 Å². The van der Waals surface area contributed by atoms with E-state index in [2.05, 4.69) is 31.3 Å². The summed E-state index contributed by atoms with van der Waals surface area (Å²) in [5, 5.41) is 7.26. The first-order valence-corrected chi connectivity index (χ1v) is 8.91. The van der Waals surface area contributed by atoms with Crippen molar-refractivity contribution in [2.45, 2.75) is 32.2 Å². The quantitative estimate of drug-likeness (QED) is 0.890. The molecule has 5 nitrogen and oxygen atoms in total.